The fraction of sp³-hybridized carbons (Fsp3) is 0.156. The molecule has 0 aromatic heterocycles. The van der Waals surface area contributed by atoms with E-state index in [1.54, 1.807) is 84.9 Å². The first-order chi connectivity index (χ1) is 19.7. The van der Waals surface area contributed by atoms with Gasteiger partial charge in [-0.15, -0.1) is 0 Å². The van der Waals surface area contributed by atoms with Crippen molar-refractivity contribution in [1.82, 2.24) is 10.2 Å². The van der Waals surface area contributed by atoms with Gasteiger partial charge >= 0.3 is 5.97 Å². The molecule has 41 heavy (non-hydrogen) atoms. The molecule has 0 bridgehead atoms. The Balaban J connectivity index is 1.62. The third-order valence-corrected chi connectivity index (χ3v) is 7.15. The summed E-state index contributed by atoms with van der Waals surface area (Å²) in [6, 6.07) is 25.0. The Morgan fingerprint density at radius 2 is 1.41 bits per heavy atom. The molecule has 2 N–H and O–H groups in total. The molecule has 4 aromatic rings. The standard InChI is InChI=1S/C32H27Cl2FN2O4/c33-23-14-13-21(28(34)19-23)15-17-37(18-16-30(38)39)32(41)27-11-5-3-9-25(27)24-8-2-4-10-26(24)31(40)36-20-22-7-1-6-12-29(22)35/h1-14,19H,15-18,20H2,(H,36,40)(H,38,39). The quantitative estimate of drug-likeness (QED) is 0.198. The van der Waals surface area contributed by atoms with Gasteiger partial charge in [-0.2, -0.15) is 0 Å². The van der Waals surface area contributed by atoms with Gasteiger partial charge in [-0.05, 0) is 53.4 Å². The number of amides is 2. The van der Waals surface area contributed by atoms with Crippen LogP contribution in [0.3, 0.4) is 0 Å². The van der Waals surface area contributed by atoms with E-state index in [0.717, 1.165) is 5.56 Å². The second kappa shape index (κ2) is 13.9. The lowest BCUT2D eigenvalue weighted by Crippen LogP contribution is -2.35. The average molecular weight is 593 g/mol. The van der Waals surface area contributed by atoms with E-state index < -0.39 is 17.7 Å². The summed E-state index contributed by atoms with van der Waals surface area (Å²) in [6.45, 7) is 0.196. The summed E-state index contributed by atoms with van der Waals surface area (Å²) in [4.78, 5) is 39.9. The molecule has 2 amide bonds. The number of rotatable bonds is 11. The van der Waals surface area contributed by atoms with Gasteiger partial charge in [0, 0.05) is 46.4 Å². The lowest BCUT2D eigenvalue weighted by atomic mass is 9.94. The number of carbonyl (C=O) groups excluding carboxylic acids is 2. The second-order valence-electron chi connectivity index (χ2n) is 9.29. The normalized spacial score (nSPS) is 10.7. The van der Waals surface area contributed by atoms with E-state index in [-0.39, 0.29) is 32.0 Å². The zero-order chi connectivity index (χ0) is 29.4. The highest BCUT2D eigenvalue weighted by atomic mass is 35.5. The van der Waals surface area contributed by atoms with Gasteiger partial charge in [0.1, 0.15) is 5.82 Å². The van der Waals surface area contributed by atoms with Crippen LogP contribution >= 0.6 is 23.2 Å². The highest BCUT2D eigenvalue weighted by molar-refractivity contribution is 6.35. The molecule has 210 valence electrons. The molecule has 9 heteroatoms. The molecule has 0 atom stereocenters. The van der Waals surface area contributed by atoms with Crippen molar-refractivity contribution < 1.29 is 23.9 Å². The maximum Gasteiger partial charge on any atom is 0.305 e. The van der Waals surface area contributed by atoms with Crippen molar-refractivity contribution in [3.8, 4) is 11.1 Å². The number of halogens is 3. The molecule has 0 aliphatic carbocycles. The maximum absolute atomic E-state index is 14.1. The molecule has 6 nitrogen and oxygen atoms in total. The van der Waals surface area contributed by atoms with E-state index in [4.69, 9.17) is 23.2 Å². The highest BCUT2D eigenvalue weighted by Gasteiger charge is 2.23. The van der Waals surface area contributed by atoms with Gasteiger partial charge in [-0.1, -0.05) is 83.9 Å². The number of nitrogens with one attached hydrogen (secondary N) is 1. The molecule has 0 fully saturated rings. The fourth-order valence-electron chi connectivity index (χ4n) is 4.43. The van der Waals surface area contributed by atoms with Crippen LogP contribution in [0.4, 0.5) is 4.39 Å². The number of hydrogen-bond acceptors (Lipinski definition) is 3. The smallest absolute Gasteiger partial charge is 0.305 e. The van der Waals surface area contributed by atoms with Crippen molar-refractivity contribution in [3.63, 3.8) is 0 Å². The zero-order valence-electron chi connectivity index (χ0n) is 21.9. The Kier molecular flexibility index (Phi) is 10.1. The van der Waals surface area contributed by atoms with Crippen molar-refractivity contribution in [2.75, 3.05) is 13.1 Å². The van der Waals surface area contributed by atoms with Crippen molar-refractivity contribution in [2.45, 2.75) is 19.4 Å². The summed E-state index contributed by atoms with van der Waals surface area (Å²) in [5, 5.41) is 13.0. The number of carbonyl (C=O) groups is 3. The molecule has 0 unspecified atom stereocenters. The Bertz CT molecular complexity index is 1580. The summed E-state index contributed by atoms with van der Waals surface area (Å²) in [5.74, 6) is -2.25. The van der Waals surface area contributed by atoms with E-state index in [9.17, 15) is 23.9 Å². The predicted octanol–water partition coefficient (Wildman–Crippen LogP) is 6.89. The lowest BCUT2D eigenvalue weighted by molar-refractivity contribution is -0.137. The summed E-state index contributed by atoms with van der Waals surface area (Å²) < 4.78 is 14.1. The molecule has 0 radical (unpaired) electrons. The Hall–Kier alpha value is -4.20. The van der Waals surface area contributed by atoms with Gasteiger partial charge in [0.05, 0.1) is 6.42 Å². The summed E-state index contributed by atoms with van der Waals surface area (Å²) in [5.41, 5.74) is 2.78. The van der Waals surface area contributed by atoms with Gasteiger partial charge < -0.3 is 15.3 Å². The molecule has 0 aliphatic heterocycles. The predicted molar refractivity (Wildman–Crippen MR) is 158 cm³/mol. The minimum Gasteiger partial charge on any atom is -0.481 e. The molecule has 0 aliphatic rings. The lowest BCUT2D eigenvalue weighted by Gasteiger charge is -2.24. The number of aliphatic carboxylic acids is 1. The molecule has 4 aromatic carbocycles. The van der Waals surface area contributed by atoms with E-state index in [1.807, 2.05) is 0 Å². The van der Waals surface area contributed by atoms with E-state index in [1.165, 1.54) is 11.0 Å². The molecule has 4 rings (SSSR count). The van der Waals surface area contributed by atoms with Crippen molar-refractivity contribution in [3.05, 3.63) is 129 Å². The van der Waals surface area contributed by atoms with E-state index >= 15 is 0 Å². The van der Waals surface area contributed by atoms with Gasteiger partial charge in [0.25, 0.3) is 11.8 Å². The van der Waals surface area contributed by atoms with Crippen LogP contribution in [0.1, 0.15) is 38.3 Å². The molecular weight excluding hydrogens is 566 g/mol. The number of benzene rings is 4. The molecular formula is C32H27Cl2FN2O4. The van der Waals surface area contributed by atoms with Gasteiger partial charge in [0.15, 0.2) is 0 Å². The van der Waals surface area contributed by atoms with Crippen LogP contribution in [0, 0.1) is 5.82 Å². The third kappa shape index (κ3) is 7.72. The number of carboxylic acids is 1. The van der Waals surface area contributed by atoms with Crippen LogP contribution in [0.5, 0.6) is 0 Å². The molecule has 0 heterocycles. The van der Waals surface area contributed by atoms with Crippen LogP contribution in [0.2, 0.25) is 10.0 Å². The number of nitrogens with zero attached hydrogens (tertiary/aromatic N) is 1. The maximum atomic E-state index is 14.1. The van der Waals surface area contributed by atoms with Gasteiger partial charge in [-0.3, -0.25) is 14.4 Å². The van der Waals surface area contributed by atoms with Crippen molar-refractivity contribution in [2.24, 2.45) is 0 Å². The zero-order valence-corrected chi connectivity index (χ0v) is 23.5. The SMILES string of the molecule is O=C(O)CCN(CCc1ccc(Cl)cc1Cl)C(=O)c1ccccc1-c1ccccc1C(=O)NCc1ccccc1F. The topological polar surface area (TPSA) is 86.7 Å². The first kappa shape index (κ1) is 29.8. The van der Waals surface area contributed by atoms with Gasteiger partial charge in [-0.25, -0.2) is 4.39 Å². The molecule has 0 saturated heterocycles. The summed E-state index contributed by atoms with van der Waals surface area (Å²) in [6.07, 6.45) is 0.149. The van der Waals surface area contributed by atoms with E-state index in [2.05, 4.69) is 5.32 Å². The summed E-state index contributed by atoms with van der Waals surface area (Å²) >= 11 is 12.3. The molecule has 0 saturated carbocycles. The third-order valence-electron chi connectivity index (χ3n) is 6.57. The fourth-order valence-corrected chi connectivity index (χ4v) is 4.93. The minimum absolute atomic E-state index is 0.00333. The monoisotopic (exact) mass is 592 g/mol. The summed E-state index contributed by atoms with van der Waals surface area (Å²) in [7, 11) is 0. The second-order valence-corrected chi connectivity index (χ2v) is 10.1. The van der Waals surface area contributed by atoms with Crippen LogP contribution < -0.4 is 5.32 Å². The Morgan fingerprint density at radius 3 is 2.10 bits per heavy atom. The number of carboxylic acid groups (broad SMARTS) is 1. The highest BCUT2D eigenvalue weighted by Crippen LogP contribution is 2.29. The Morgan fingerprint density at radius 1 is 0.780 bits per heavy atom. The first-order valence-electron chi connectivity index (χ1n) is 12.9. The van der Waals surface area contributed by atoms with Crippen LogP contribution in [-0.2, 0) is 17.8 Å². The Labute approximate surface area is 247 Å². The van der Waals surface area contributed by atoms with Crippen molar-refractivity contribution >= 4 is 41.0 Å². The van der Waals surface area contributed by atoms with Crippen LogP contribution in [0.15, 0.2) is 91.0 Å². The minimum atomic E-state index is -1.03. The van der Waals surface area contributed by atoms with Crippen LogP contribution in [0.25, 0.3) is 11.1 Å². The van der Waals surface area contributed by atoms with E-state index in [0.29, 0.717) is 44.3 Å². The first-order valence-corrected chi connectivity index (χ1v) is 13.6. The largest absolute Gasteiger partial charge is 0.481 e. The van der Waals surface area contributed by atoms with Crippen LogP contribution in [-0.4, -0.2) is 40.9 Å². The van der Waals surface area contributed by atoms with Gasteiger partial charge in [0.2, 0.25) is 0 Å². The molecule has 0 spiro atoms. The van der Waals surface area contributed by atoms with Crippen molar-refractivity contribution in [1.29, 1.82) is 0 Å². The average Bonchev–Trinajstić information content (AvgIpc) is 2.97. The number of hydrogen-bond donors (Lipinski definition) is 2.